The minimum Gasteiger partial charge on any atom is -0.380 e. The Morgan fingerprint density at radius 2 is 2.22 bits per heavy atom. The molecule has 2 aromatic rings. The lowest BCUT2D eigenvalue weighted by Gasteiger charge is -2.11. The first-order valence-electron chi connectivity index (χ1n) is 5.57. The van der Waals surface area contributed by atoms with Gasteiger partial charge in [-0.05, 0) is 19.9 Å². The summed E-state index contributed by atoms with van der Waals surface area (Å²) >= 11 is 0. The number of aryl methyl sites for hydroxylation is 2. The third-order valence-electron chi connectivity index (χ3n) is 2.68. The molecule has 0 saturated heterocycles. The topological polar surface area (TPSA) is 63.7 Å². The molecular formula is C13H14N4O. The quantitative estimate of drug-likeness (QED) is 0.824. The molecule has 0 aliphatic carbocycles. The van der Waals surface area contributed by atoms with Crippen LogP contribution in [0.4, 0.5) is 0 Å². The second-order valence-electron chi connectivity index (χ2n) is 4.01. The molecular weight excluding hydrogens is 228 g/mol. The number of aromatic nitrogens is 3. The fourth-order valence-electron chi connectivity index (χ4n) is 1.89. The van der Waals surface area contributed by atoms with Crippen LogP contribution in [-0.2, 0) is 11.3 Å². The van der Waals surface area contributed by atoms with E-state index in [0.717, 1.165) is 17.1 Å². The van der Waals surface area contributed by atoms with Crippen molar-refractivity contribution >= 4 is 0 Å². The Labute approximate surface area is 106 Å². The van der Waals surface area contributed by atoms with Crippen molar-refractivity contribution in [1.82, 2.24) is 14.5 Å². The average molecular weight is 242 g/mol. The number of hydrogen-bond donors (Lipinski definition) is 0. The zero-order chi connectivity index (χ0) is 13.1. The Balaban J connectivity index is 2.67. The van der Waals surface area contributed by atoms with Crippen molar-refractivity contribution < 1.29 is 4.74 Å². The summed E-state index contributed by atoms with van der Waals surface area (Å²) in [6, 6.07) is 4.07. The standard InChI is InChI=1S/C13H14N4O/c1-9-6-11(8-18-3)12(7-14)13(16-9)17-5-4-15-10(17)2/h4-6H,8H2,1-3H3. The van der Waals surface area contributed by atoms with E-state index in [1.165, 1.54) is 0 Å². The van der Waals surface area contributed by atoms with Gasteiger partial charge in [-0.2, -0.15) is 5.26 Å². The van der Waals surface area contributed by atoms with Crippen LogP contribution in [0.1, 0.15) is 22.6 Å². The van der Waals surface area contributed by atoms with Crippen LogP contribution in [0.15, 0.2) is 18.5 Å². The number of nitrogens with zero attached hydrogens (tertiary/aromatic N) is 4. The maximum absolute atomic E-state index is 9.33. The highest BCUT2D eigenvalue weighted by Gasteiger charge is 2.14. The van der Waals surface area contributed by atoms with Crippen LogP contribution in [0.25, 0.3) is 5.82 Å². The number of imidazole rings is 1. The third kappa shape index (κ3) is 2.11. The lowest BCUT2D eigenvalue weighted by Crippen LogP contribution is -2.07. The number of pyridine rings is 1. The molecule has 18 heavy (non-hydrogen) atoms. The first kappa shape index (κ1) is 12.3. The predicted molar refractivity (Wildman–Crippen MR) is 66.3 cm³/mol. The molecule has 5 nitrogen and oxygen atoms in total. The van der Waals surface area contributed by atoms with Gasteiger partial charge in [-0.1, -0.05) is 0 Å². The summed E-state index contributed by atoms with van der Waals surface area (Å²) in [6.45, 7) is 4.17. The molecule has 92 valence electrons. The highest BCUT2D eigenvalue weighted by molar-refractivity contribution is 5.50. The van der Waals surface area contributed by atoms with Gasteiger partial charge < -0.3 is 4.74 Å². The molecule has 0 unspecified atom stereocenters. The number of rotatable bonds is 3. The fourth-order valence-corrected chi connectivity index (χ4v) is 1.89. The van der Waals surface area contributed by atoms with Gasteiger partial charge in [0.15, 0.2) is 5.82 Å². The second kappa shape index (κ2) is 4.98. The Morgan fingerprint density at radius 1 is 1.44 bits per heavy atom. The van der Waals surface area contributed by atoms with Crippen molar-refractivity contribution in [3.05, 3.63) is 41.1 Å². The Morgan fingerprint density at radius 3 is 2.78 bits per heavy atom. The Bertz CT molecular complexity index is 610. The molecule has 0 aromatic carbocycles. The lowest BCUT2D eigenvalue weighted by atomic mass is 10.1. The highest BCUT2D eigenvalue weighted by atomic mass is 16.5. The van der Waals surface area contributed by atoms with Gasteiger partial charge in [-0.3, -0.25) is 4.57 Å². The second-order valence-corrected chi connectivity index (χ2v) is 4.01. The summed E-state index contributed by atoms with van der Waals surface area (Å²) in [5, 5.41) is 9.33. The lowest BCUT2D eigenvalue weighted by molar-refractivity contribution is 0.184. The smallest absolute Gasteiger partial charge is 0.156 e. The first-order valence-corrected chi connectivity index (χ1v) is 5.57. The fraction of sp³-hybridized carbons (Fsp3) is 0.308. The summed E-state index contributed by atoms with van der Waals surface area (Å²) in [7, 11) is 1.61. The van der Waals surface area contributed by atoms with Crippen LogP contribution in [0.2, 0.25) is 0 Å². The molecule has 0 atom stereocenters. The predicted octanol–water partition coefficient (Wildman–Crippen LogP) is 1.90. The highest BCUT2D eigenvalue weighted by Crippen LogP contribution is 2.19. The van der Waals surface area contributed by atoms with Gasteiger partial charge in [-0.25, -0.2) is 9.97 Å². The summed E-state index contributed by atoms with van der Waals surface area (Å²) in [5.74, 6) is 1.41. The van der Waals surface area contributed by atoms with E-state index in [-0.39, 0.29) is 0 Å². The van der Waals surface area contributed by atoms with Crippen LogP contribution >= 0.6 is 0 Å². The van der Waals surface area contributed by atoms with Gasteiger partial charge in [0.1, 0.15) is 17.5 Å². The number of ether oxygens (including phenoxy) is 1. The van der Waals surface area contributed by atoms with E-state index in [2.05, 4.69) is 16.0 Å². The summed E-state index contributed by atoms with van der Waals surface area (Å²) in [5.41, 5.74) is 2.23. The summed E-state index contributed by atoms with van der Waals surface area (Å²) in [4.78, 5) is 8.59. The van der Waals surface area contributed by atoms with Gasteiger partial charge in [0.05, 0.1) is 6.61 Å². The van der Waals surface area contributed by atoms with Gasteiger partial charge in [0.2, 0.25) is 0 Å². The molecule has 2 heterocycles. The molecule has 0 bridgehead atoms. The molecule has 0 spiro atoms. The van der Waals surface area contributed by atoms with Crippen molar-refractivity contribution in [2.45, 2.75) is 20.5 Å². The van der Waals surface area contributed by atoms with Crippen molar-refractivity contribution in [2.24, 2.45) is 0 Å². The largest absolute Gasteiger partial charge is 0.380 e. The molecule has 0 N–H and O–H groups in total. The number of methoxy groups -OCH3 is 1. The number of nitriles is 1. The maximum Gasteiger partial charge on any atom is 0.156 e. The third-order valence-corrected chi connectivity index (χ3v) is 2.68. The minimum atomic E-state index is 0.396. The molecule has 2 aromatic heterocycles. The first-order chi connectivity index (χ1) is 8.67. The van der Waals surface area contributed by atoms with E-state index in [1.807, 2.05) is 24.5 Å². The number of hydrogen-bond acceptors (Lipinski definition) is 4. The van der Waals surface area contributed by atoms with E-state index >= 15 is 0 Å². The van der Waals surface area contributed by atoms with E-state index < -0.39 is 0 Å². The van der Waals surface area contributed by atoms with E-state index in [4.69, 9.17) is 4.74 Å². The maximum atomic E-state index is 9.33. The molecule has 2 rings (SSSR count). The van der Waals surface area contributed by atoms with Crippen molar-refractivity contribution in [2.75, 3.05) is 7.11 Å². The summed E-state index contributed by atoms with van der Waals surface area (Å²) in [6.07, 6.45) is 3.49. The summed E-state index contributed by atoms with van der Waals surface area (Å²) < 4.78 is 6.93. The molecule has 0 amide bonds. The molecule has 0 saturated carbocycles. The Kier molecular flexibility index (Phi) is 3.40. The molecule has 0 aliphatic rings. The van der Waals surface area contributed by atoms with Gasteiger partial charge in [-0.15, -0.1) is 0 Å². The van der Waals surface area contributed by atoms with E-state index in [9.17, 15) is 5.26 Å². The zero-order valence-corrected chi connectivity index (χ0v) is 10.6. The van der Waals surface area contributed by atoms with Crippen molar-refractivity contribution in [3.63, 3.8) is 0 Å². The SMILES string of the molecule is COCc1cc(C)nc(-n2ccnc2C)c1C#N. The van der Waals surface area contributed by atoms with E-state index in [0.29, 0.717) is 18.0 Å². The van der Waals surface area contributed by atoms with Crippen LogP contribution in [0, 0.1) is 25.2 Å². The molecule has 0 aliphatic heterocycles. The minimum absolute atomic E-state index is 0.396. The average Bonchev–Trinajstić information content (AvgIpc) is 2.75. The van der Waals surface area contributed by atoms with Gasteiger partial charge in [0.25, 0.3) is 0 Å². The van der Waals surface area contributed by atoms with Crippen molar-refractivity contribution in [1.29, 1.82) is 5.26 Å². The van der Waals surface area contributed by atoms with Gasteiger partial charge >= 0.3 is 0 Å². The molecule has 5 heteroatoms. The van der Waals surface area contributed by atoms with Crippen LogP contribution < -0.4 is 0 Å². The van der Waals surface area contributed by atoms with Crippen LogP contribution in [0.5, 0.6) is 0 Å². The Hall–Kier alpha value is -2.19. The monoisotopic (exact) mass is 242 g/mol. The van der Waals surface area contributed by atoms with Crippen LogP contribution in [0.3, 0.4) is 0 Å². The molecule has 0 fully saturated rings. The van der Waals surface area contributed by atoms with E-state index in [1.54, 1.807) is 19.5 Å². The zero-order valence-electron chi connectivity index (χ0n) is 10.6. The van der Waals surface area contributed by atoms with Crippen LogP contribution in [-0.4, -0.2) is 21.6 Å². The normalized spacial score (nSPS) is 10.3. The molecule has 0 radical (unpaired) electrons. The van der Waals surface area contributed by atoms with Gasteiger partial charge in [0, 0.05) is 30.8 Å². The van der Waals surface area contributed by atoms with Crippen molar-refractivity contribution in [3.8, 4) is 11.9 Å².